The Labute approximate surface area is 101 Å². The molecule has 0 unspecified atom stereocenters. The summed E-state index contributed by atoms with van der Waals surface area (Å²) in [5.74, 6) is -0.866. The fourth-order valence-electron chi connectivity index (χ4n) is 1.42. The third kappa shape index (κ3) is 4.26. The van der Waals surface area contributed by atoms with E-state index >= 15 is 0 Å². The standard InChI is InChI=1S/C12H15FO3S/c1-2-17(15,16)9-5-8-12(14)10-6-3-4-7-11(10)13/h3-4,6-7H,2,5,8-9H2,1H3. The molecule has 0 heterocycles. The predicted octanol–water partition coefficient (Wildman–Crippen LogP) is 2.22. The SMILES string of the molecule is CCS(=O)(=O)CCCC(=O)c1ccccc1F. The van der Waals surface area contributed by atoms with E-state index < -0.39 is 15.7 Å². The van der Waals surface area contributed by atoms with E-state index in [4.69, 9.17) is 0 Å². The van der Waals surface area contributed by atoms with Crippen molar-refractivity contribution < 1.29 is 17.6 Å². The zero-order chi connectivity index (χ0) is 12.9. The average molecular weight is 258 g/mol. The molecule has 0 N–H and O–H groups in total. The molecule has 5 heteroatoms. The number of carbonyl (C=O) groups is 1. The van der Waals surface area contributed by atoms with Crippen LogP contribution >= 0.6 is 0 Å². The summed E-state index contributed by atoms with van der Waals surface area (Å²) in [6, 6.07) is 5.72. The molecule has 0 atom stereocenters. The summed E-state index contributed by atoms with van der Waals surface area (Å²) >= 11 is 0. The van der Waals surface area contributed by atoms with Gasteiger partial charge in [-0.15, -0.1) is 0 Å². The number of carbonyl (C=O) groups excluding carboxylic acids is 1. The van der Waals surface area contributed by atoms with Crippen molar-refractivity contribution in [1.29, 1.82) is 0 Å². The minimum atomic E-state index is -3.05. The zero-order valence-corrected chi connectivity index (χ0v) is 10.5. The first-order valence-corrected chi connectivity index (χ1v) is 7.26. The Morgan fingerprint density at radius 3 is 2.53 bits per heavy atom. The van der Waals surface area contributed by atoms with E-state index in [0.717, 1.165) is 0 Å². The Bertz CT molecular complexity index is 494. The van der Waals surface area contributed by atoms with Gasteiger partial charge in [0, 0.05) is 12.2 Å². The van der Waals surface area contributed by atoms with Crippen LogP contribution in [0.2, 0.25) is 0 Å². The Morgan fingerprint density at radius 1 is 1.29 bits per heavy atom. The molecule has 0 saturated carbocycles. The van der Waals surface area contributed by atoms with Gasteiger partial charge in [-0.25, -0.2) is 12.8 Å². The quantitative estimate of drug-likeness (QED) is 0.735. The minimum absolute atomic E-state index is 0.0241. The molecule has 0 spiro atoms. The highest BCUT2D eigenvalue weighted by molar-refractivity contribution is 7.91. The number of benzene rings is 1. The number of halogens is 1. The van der Waals surface area contributed by atoms with Gasteiger partial charge >= 0.3 is 0 Å². The molecule has 0 aliphatic rings. The van der Waals surface area contributed by atoms with Crippen molar-refractivity contribution in [3.8, 4) is 0 Å². The molecular weight excluding hydrogens is 243 g/mol. The number of hydrogen-bond donors (Lipinski definition) is 0. The van der Waals surface area contributed by atoms with Gasteiger partial charge in [0.2, 0.25) is 0 Å². The summed E-state index contributed by atoms with van der Waals surface area (Å²) in [4.78, 5) is 11.6. The number of rotatable bonds is 6. The van der Waals surface area contributed by atoms with Crippen LogP contribution in [-0.2, 0) is 9.84 Å². The molecule has 1 aromatic rings. The van der Waals surface area contributed by atoms with E-state index in [1.54, 1.807) is 13.0 Å². The van der Waals surface area contributed by atoms with Crippen LogP contribution < -0.4 is 0 Å². The van der Waals surface area contributed by atoms with Crippen LogP contribution in [0.5, 0.6) is 0 Å². The molecule has 1 aromatic carbocycles. The second kappa shape index (κ2) is 5.91. The smallest absolute Gasteiger partial charge is 0.165 e. The molecule has 0 aliphatic carbocycles. The van der Waals surface area contributed by atoms with Crippen molar-refractivity contribution in [2.45, 2.75) is 19.8 Å². The highest BCUT2D eigenvalue weighted by atomic mass is 32.2. The predicted molar refractivity (Wildman–Crippen MR) is 64.3 cm³/mol. The lowest BCUT2D eigenvalue weighted by Crippen LogP contribution is -2.11. The summed E-state index contributed by atoms with van der Waals surface area (Å²) in [7, 11) is -3.05. The first-order valence-electron chi connectivity index (χ1n) is 5.44. The van der Waals surface area contributed by atoms with E-state index in [0.29, 0.717) is 0 Å². The lowest BCUT2D eigenvalue weighted by atomic mass is 10.1. The minimum Gasteiger partial charge on any atom is -0.294 e. The summed E-state index contributed by atoms with van der Waals surface area (Å²) in [6.07, 6.45) is 0.295. The fraction of sp³-hybridized carbons (Fsp3) is 0.417. The average Bonchev–Trinajstić information content (AvgIpc) is 2.29. The van der Waals surface area contributed by atoms with E-state index in [9.17, 15) is 17.6 Å². The summed E-state index contributed by atoms with van der Waals surface area (Å²) in [5.41, 5.74) is 0.0291. The normalized spacial score (nSPS) is 11.4. The fourth-order valence-corrected chi connectivity index (χ4v) is 2.29. The van der Waals surface area contributed by atoms with Crippen LogP contribution in [0.3, 0.4) is 0 Å². The van der Waals surface area contributed by atoms with Gasteiger partial charge < -0.3 is 0 Å². The monoisotopic (exact) mass is 258 g/mol. The van der Waals surface area contributed by atoms with Gasteiger partial charge in [0.05, 0.1) is 11.3 Å². The molecule has 1 rings (SSSR count). The van der Waals surface area contributed by atoms with Crippen molar-refractivity contribution >= 4 is 15.6 Å². The Balaban J connectivity index is 2.55. The maximum Gasteiger partial charge on any atom is 0.165 e. The van der Waals surface area contributed by atoms with Gasteiger partial charge in [-0.3, -0.25) is 4.79 Å². The summed E-state index contributed by atoms with van der Waals surface area (Å²) < 4.78 is 35.6. The van der Waals surface area contributed by atoms with Crippen molar-refractivity contribution in [2.24, 2.45) is 0 Å². The molecule has 0 aromatic heterocycles. The van der Waals surface area contributed by atoms with Crippen molar-refractivity contribution in [3.05, 3.63) is 35.6 Å². The molecule has 0 fully saturated rings. The van der Waals surface area contributed by atoms with Crippen molar-refractivity contribution in [1.82, 2.24) is 0 Å². The van der Waals surface area contributed by atoms with Gasteiger partial charge in [-0.05, 0) is 18.6 Å². The second-order valence-corrected chi connectivity index (χ2v) is 6.22. The van der Waals surface area contributed by atoms with Crippen LogP contribution in [0, 0.1) is 5.82 Å². The van der Waals surface area contributed by atoms with Crippen LogP contribution in [0.1, 0.15) is 30.1 Å². The third-order valence-corrected chi connectivity index (χ3v) is 4.26. The van der Waals surface area contributed by atoms with Crippen LogP contribution in [-0.4, -0.2) is 25.7 Å². The Morgan fingerprint density at radius 2 is 1.94 bits per heavy atom. The van der Waals surface area contributed by atoms with E-state index in [-0.39, 0.29) is 35.7 Å². The topological polar surface area (TPSA) is 51.2 Å². The molecule has 3 nitrogen and oxygen atoms in total. The number of sulfone groups is 1. The molecule has 17 heavy (non-hydrogen) atoms. The first kappa shape index (κ1) is 13.8. The van der Waals surface area contributed by atoms with Crippen LogP contribution in [0.15, 0.2) is 24.3 Å². The summed E-state index contributed by atoms with van der Waals surface area (Å²) in [5, 5.41) is 0. The molecule has 94 valence electrons. The summed E-state index contributed by atoms with van der Waals surface area (Å²) in [6.45, 7) is 1.56. The first-order chi connectivity index (χ1) is 7.96. The van der Waals surface area contributed by atoms with E-state index in [2.05, 4.69) is 0 Å². The molecular formula is C12H15FO3S. The number of hydrogen-bond acceptors (Lipinski definition) is 3. The lowest BCUT2D eigenvalue weighted by Gasteiger charge is -2.02. The molecule has 0 saturated heterocycles. The van der Waals surface area contributed by atoms with Gasteiger partial charge in [0.15, 0.2) is 5.78 Å². The van der Waals surface area contributed by atoms with Gasteiger partial charge in [-0.2, -0.15) is 0 Å². The Hall–Kier alpha value is -1.23. The van der Waals surface area contributed by atoms with Crippen LogP contribution in [0.25, 0.3) is 0 Å². The molecule has 0 aliphatic heterocycles. The lowest BCUT2D eigenvalue weighted by molar-refractivity contribution is 0.0978. The maximum atomic E-state index is 13.2. The van der Waals surface area contributed by atoms with Gasteiger partial charge in [0.1, 0.15) is 15.7 Å². The van der Waals surface area contributed by atoms with E-state index in [1.807, 2.05) is 0 Å². The molecule has 0 bridgehead atoms. The van der Waals surface area contributed by atoms with Crippen LogP contribution in [0.4, 0.5) is 4.39 Å². The largest absolute Gasteiger partial charge is 0.294 e. The third-order valence-electron chi connectivity index (χ3n) is 2.47. The highest BCUT2D eigenvalue weighted by Crippen LogP contribution is 2.11. The second-order valence-electron chi connectivity index (χ2n) is 3.74. The zero-order valence-electron chi connectivity index (χ0n) is 9.65. The molecule has 0 radical (unpaired) electrons. The van der Waals surface area contributed by atoms with Crippen molar-refractivity contribution in [2.75, 3.05) is 11.5 Å². The highest BCUT2D eigenvalue weighted by Gasteiger charge is 2.13. The van der Waals surface area contributed by atoms with E-state index in [1.165, 1.54) is 18.2 Å². The van der Waals surface area contributed by atoms with Gasteiger partial charge in [0.25, 0.3) is 0 Å². The number of ketones is 1. The van der Waals surface area contributed by atoms with Gasteiger partial charge in [-0.1, -0.05) is 19.1 Å². The number of Topliss-reactive ketones (excluding diaryl/α,β-unsaturated/α-hetero) is 1. The molecule has 0 amide bonds. The maximum absolute atomic E-state index is 13.2. The van der Waals surface area contributed by atoms with Crippen molar-refractivity contribution in [3.63, 3.8) is 0 Å². The Kier molecular flexibility index (Phi) is 4.81.